The first kappa shape index (κ1) is 15.1. The summed E-state index contributed by atoms with van der Waals surface area (Å²) in [6.45, 7) is 2.25. The van der Waals surface area contributed by atoms with Crippen LogP contribution in [0.3, 0.4) is 0 Å². The van der Waals surface area contributed by atoms with Gasteiger partial charge in [-0.05, 0) is 54.4 Å². The summed E-state index contributed by atoms with van der Waals surface area (Å²) < 4.78 is 0. The maximum Gasteiger partial charge on any atom is 0.0746 e. The molecule has 0 radical (unpaired) electrons. The maximum absolute atomic E-state index is 4.66. The summed E-state index contributed by atoms with van der Waals surface area (Å²) in [5, 5.41) is 1.25. The van der Waals surface area contributed by atoms with Crippen molar-refractivity contribution in [3.8, 4) is 0 Å². The van der Waals surface area contributed by atoms with Crippen LogP contribution in [0.1, 0.15) is 29.5 Å². The first-order chi connectivity index (χ1) is 12.4. The van der Waals surface area contributed by atoms with Crippen LogP contribution < -0.4 is 0 Å². The second kappa shape index (κ2) is 6.27. The quantitative estimate of drug-likeness (QED) is 0.683. The fourth-order valence-corrected chi connectivity index (χ4v) is 4.81. The number of hydrogen-bond acceptors (Lipinski definition) is 2. The largest absolute Gasteiger partial charge is 0.295 e. The number of pyridine rings is 1. The van der Waals surface area contributed by atoms with Crippen molar-refractivity contribution in [3.05, 3.63) is 77.5 Å². The molecule has 126 valence electrons. The van der Waals surface area contributed by atoms with Crippen LogP contribution in [0.2, 0.25) is 0 Å². The van der Waals surface area contributed by atoms with Crippen molar-refractivity contribution < 1.29 is 0 Å². The molecule has 2 aliphatic heterocycles. The smallest absolute Gasteiger partial charge is 0.0746 e. The molecule has 1 aromatic heterocycles. The predicted octanol–water partition coefficient (Wildman–Crippen LogP) is 4.61. The predicted molar refractivity (Wildman–Crippen MR) is 103 cm³/mol. The van der Waals surface area contributed by atoms with E-state index < -0.39 is 0 Å². The van der Waals surface area contributed by atoms with Crippen LogP contribution in [0.4, 0.5) is 0 Å². The van der Waals surface area contributed by atoms with Gasteiger partial charge in [0, 0.05) is 30.7 Å². The third-order valence-electron chi connectivity index (χ3n) is 6.09. The van der Waals surface area contributed by atoms with E-state index >= 15 is 0 Å². The molecule has 2 atom stereocenters. The van der Waals surface area contributed by atoms with Gasteiger partial charge in [-0.1, -0.05) is 48.5 Å². The Bertz CT molecular complexity index is 896. The average Bonchev–Trinajstić information content (AvgIpc) is 2.63. The van der Waals surface area contributed by atoms with Crippen LogP contribution in [0.25, 0.3) is 10.9 Å². The van der Waals surface area contributed by atoms with E-state index in [1.807, 2.05) is 12.3 Å². The highest BCUT2D eigenvalue weighted by Crippen LogP contribution is 2.33. The molecule has 1 aliphatic carbocycles. The molecular weight excluding hydrogens is 304 g/mol. The molecule has 1 fully saturated rings. The Kier molecular flexibility index (Phi) is 3.79. The molecule has 25 heavy (non-hydrogen) atoms. The van der Waals surface area contributed by atoms with Gasteiger partial charge in [0.2, 0.25) is 0 Å². The molecule has 0 spiro atoms. The van der Waals surface area contributed by atoms with Crippen molar-refractivity contribution in [1.82, 2.24) is 9.88 Å². The first-order valence-corrected chi connectivity index (χ1v) is 9.50. The molecular formula is C23H24N2. The molecule has 3 aromatic rings. The van der Waals surface area contributed by atoms with E-state index in [4.69, 9.17) is 0 Å². The number of aromatic nitrogens is 1. The monoisotopic (exact) mass is 328 g/mol. The maximum atomic E-state index is 4.66. The van der Waals surface area contributed by atoms with Gasteiger partial charge >= 0.3 is 0 Å². The Labute approximate surface area is 149 Å². The van der Waals surface area contributed by atoms with Gasteiger partial charge in [-0.15, -0.1) is 0 Å². The molecule has 0 N–H and O–H groups in total. The minimum atomic E-state index is 0.664. The summed E-state index contributed by atoms with van der Waals surface area (Å²) in [6.07, 6.45) is 7.07. The van der Waals surface area contributed by atoms with Crippen LogP contribution in [-0.4, -0.2) is 22.5 Å². The minimum Gasteiger partial charge on any atom is -0.295 e. The second-order valence-electron chi connectivity index (χ2n) is 7.70. The third kappa shape index (κ3) is 2.85. The van der Waals surface area contributed by atoms with Crippen molar-refractivity contribution in [2.45, 2.75) is 38.3 Å². The lowest BCUT2D eigenvalue weighted by Gasteiger charge is -2.42. The molecule has 2 aromatic carbocycles. The summed E-state index contributed by atoms with van der Waals surface area (Å²) >= 11 is 0. The molecule has 0 unspecified atom stereocenters. The number of rotatable bonds is 2. The van der Waals surface area contributed by atoms with E-state index in [1.54, 1.807) is 11.1 Å². The Hall–Kier alpha value is -2.19. The van der Waals surface area contributed by atoms with Crippen LogP contribution in [0.15, 0.2) is 60.8 Å². The SMILES string of the molecule is c1ccc2c(c1)C[C@@H]1CC[C@H](C2)N(Cc2cccc3cccnc23)C1. The van der Waals surface area contributed by atoms with E-state index in [0.29, 0.717) is 6.04 Å². The zero-order valence-electron chi connectivity index (χ0n) is 14.6. The Morgan fingerprint density at radius 1 is 0.880 bits per heavy atom. The molecule has 6 rings (SSSR count). The standard InChI is InChI=1S/C23H24N2/c1-2-6-20-14-22-11-10-17(13-19(20)5-1)15-25(22)16-21-8-3-7-18-9-4-12-24-23(18)21/h1-9,12,17,22H,10-11,13-16H2/t17-,22+/m0/s1. The summed E-state index contributed by atoms with van der Waals surface area (Å²) in [5.41, 5.74) is 5.70. The van der Waals surface area contributed by atoms with Crippen molar-refractivity contribution in [2.24, 2.45) is 5.92 Å². The van der Waals surface area contributed by atoms with Crippen LogP contribution >= 0.6 is 0 Å². The van der Waals surface area contributed by atoms with E-state index in [1.165, 1.54) is 48.7 Å². The minimum absolute atomic E-state index is 0.664. The number of para-hydroxylation sites is 1. The molecule has 0 saturated carbocycles. The zero-order chi connectivity index (χ0) is 16.6. The Morgan fingerprint density at radius 3 is 2.64 bits per heavy atom. The van der Waals surface area contributed by atoms with Gasteiger partial charge in [-0.3, -0.25) is 9.88 Å². The third-order valence-corrected chi connectivity index (χ3v) is 6.09. The highest BCUT2D eigenvalue weighted by molar-refractivity contribution is 5.81. The van der Waals surface area contributed by atoms with Crippen molar-refractivity contribution in [2.75, 3.05) is 6.54 Å². The van der Waals surface area contributed by atoms with Gasteiger partial charge in [-0.2, -0.15) is 0 Å². The molecule has 3 heterocycles. The number of hydrogen-bond donors (Lipinski definition) is 0. The number of fused-ring (bicyclic) bond motifs is 3. The van der Waals surface area contributed by atoms with E-state index in [2.05, 4.69) is 58.4 Å². The highest BCUT2D eigenvalue weighted by Gasteiger charge is 2.31. The fourth-order valence-electron chi connectivity index (χ4n) is 4.81. The summed E-state index contributed by atoms with van der Waals surface area (Å²) in [7, 11) is 0. The zero-order valence-corrected chi connectivity index (χ0v) is 14.6. The molecule has 3 aliphatic rings. The molecule has 2 heteroatoms. The van der Waals surface area contributed by atoms with Gasteiger partial charge in [0.25, 0.3) is 0 Å². The second-order valence-corrected chi connectivity index (χ2v) is 7.70. The lowest BCUT2D eigenvalue weighted by molar-refractivity contribution is 0.0942. The normalized spacial score (nSPS) is 23.2. The van der Waals surface area contributed by atoms with E-state index in [9.17, 15) is 0 Å². The Morgan fingerprint density at radius 2 is 1.72 bits per heavy atom. The number of benzene rings is 2. The molecule has 1 saturated heterocycles. The van der Waals surface area contributed by atoms with Gasteiger partial charge in [0.1, 0.15) is 0 Å². The highest BCUT2D eigenvalue weighted by atomic mass is 15.2. The molecule has 0 amide bonds. The van der Waals surface area contributed by atoms with Crippen molar-refractivity contribution in [1.29, 1.82) is 0 Å². The lowest BCUT2D eigenvalue weighted by atomic mass is 9.80. The number of piperidine rings is 1. The number of nitrogens with zero attached hydrogens (tertiary/aromatic N) is 2. The molecule has 2 bridgehead atoms. The summed E-state index contributed by atoms with van der Waals surface area (Å²) in [4.78, 5) is 7.39. The van der Waals surface area contributed by atoms with Gasteiger partial charge in [0.15, 0.2) is 0 Å². The van der Waals surface area contributed by atoms with Crippen LogP contribution in [-0.2, 0) is 19.4 Å². The van der Waals surface area contributed by atoms with Crippen molar-refractivity contribution in [3.63, 3.8) is 0 Å². The topological polar surface area (TPSA) is 16.1 Å². The first-order valence-electron chi connectivity index (χ1n) is 9.50. The molecule has 2 nitrogen and oxygen atoms in total. The van der Waals surface area contributed by atoms with Crippen LogP contribution in [0, 0.1) is 5.92 Å². The van der Waals surface area contributed by atoms with E-state index in [-0.39, 0.29) is 0 Å². The van der Waals surface area contributed by atoms with Crippen molar-refractivity contribution >= 4 is 10.9 Å². The fraction of sp³-hybridized carbons (Fsp3) is 0.348. The summed E-state index contributed by atoms with van der Waals surface area (Å²) in [6, 6.07) is 20.6. The average molecular weight is 328 g/mol. The van der Waals surface area contributed by atoms with E-state index in [0.717, 1.165) is 12.5 Å². The lowest BCUT2D eigenvalue weighted by Crippen LogP contribution is -2.46. The van der Waals surface area contributed by atoms with Gasteiger partial charge in [0.05, 0.1) is 5.52 Å². The summed E-state index contributed by atoms with van der Waals surface area (Å²) in [5.74, 6) is 0.792. The van der Waals surface area contributed by atoms with Gasteiger partial charge < -0.3 is 0 Å². The van der Waals surface area contributed by atoms with Gasteiger partial charge in [-0.25, -0.2) is 0 Å². The van der Waals surface area contributed by atoms with Crippen LogP contribution in [0.5, 0.6) is 0 Å². The Balaban J connectivity index is 1.47.